The molecule has 1 aliphatic heterocycles. The van der Waals surface area contributed by atoms with Gasteiger partial charge in [-0.1, -0.05) is 54.6 Å². The van der Waals surface area contributed by atoms with Crippen molar-refractivity contribution in [2.45, 2.75) is 6.10 Å². The summed E-state index contributed by atoms with van der Waals surface area (Å²) in [7, 11) is 0. The quantitative estimate of drug-likeness (QED) is 0.550. The van der Waals surface area contributed by atoms with Gasteiger partial charge in [0.05, 0.1) is 5.56 Å². The minimum atomic E-state index is -0.440. The van der Waals surface area contributed by atoms with Crippen molar-refractivity contribution in [1.82, 2.24) is 0 Å². The van der Waals surface area contributed by atoms with E-state index >= 15 is 0 Å². The number of anilines is 1. The van der Waals surface area contributed by atoms with Gasteiger partial charge in [0, 0.05) is 11.3 Å². The van der Waals surface area contributed by atoms with Crippen molar-refractivity contribution in [2.75, 3.05) is 5.73 Å². The van der Waals surface area contributed by atoms with E-state index in [0.717, 1.165) is 11.1 Å². The summed E-state index contributed by atoms with van der Waals surface area (Å²) in [5.74, 6) is 0.601. The van der Waals surface area contributed by atoms with Gasteiger partial charge in [0.1, 0.15) is 5.75 Å². The number of para-hydroxylation sites is 1. The first-order valence-corrected chi connectivity index (χ1v) is 8.15. The Bertz CT molecular complexity index is 961. The Hall–Kier alpha value is -3.33. The molecule has 0 fully saturated rings. The third-order valence-corrected chi connectivity index (χ3v) is 4.26. The highest BCUT2D eigenvalue weighted by Gasteiger charge is 2.32. The lowest BCUT2D eigenvalue weighted by atomic mass is 9.89. The number of hydrogen-bond donors (Lipinski definition) is 1. The topological polar surface area (TPSA) is 52.3 Å². The number of carbonyl (C=O) groups excluding carboxylic acids is 1. The van der Waals surface area contributed by atoms with Gasteiger partial charge in [-0.25, -0.2) is 0 Å². The van der Waals surface area contributed by atoms with Crippen molar-refractivity contribution in [3.05, 3.63) is 101 Å². The molecule has 122 valence electrons. The Morgan fingerprint density at radius 3 is 2.44 bits per heavy atom. The van der Waals surface area contributed by atoms with E-state index in [4.69, 9.17) is 10.5 Å². The normalized spacial score (nSPS) is 17.8. The lowest BCUT2D eigenvalue weighted by Crippen LogP contribution is -2.23. The molecule has 3 nitrogen and oxygen atoms in total. The number of carbonyl (C=O) groups is 1. The summed E-state index contributed by atoms with van der Waals surface area (Å²) >= 11 is 0. The van der Waals surface area contributed by atoms with Gasteiger partial charge in [0.25, 0.3) is 0 Å². The number of ketones is 1. The second-order valence-electron chi connectivity index (χ2n) is 6.00. The van der Waals surface area contributed by atoms with Crippen molar-refractivity contribution < 1.29 is 9.53 Å². The van der Waals surface area contributed by atoms with Crippen molar-refractivity contribution >= 4 is 17.5 Å². The molecule has 0 radical (unpaired) electrons. The molecule has 0 saturated heterocycles. The molecule has 0 aliphatic carbocycles. The maximum Gasteiger partial charge on any atom is 0.196 e. The fourth-order valence-corrected chi connectivity index (χ4v) is 3.07. The monoisotopic (exact) mass is 327 g/mol. The summed E-state index contributed by atoms with van der Waals surface area (Å²) in [6, 6.07) is 24.6. The molecule has 4 rings (SSSR count). The molecule has 1 unspecified atom stereocenters. The first-order valence-electron chi connectivity index (χ1n) is 8.15. The van der Waals surface area contributed by atoms with Crippen LogP contribution in [0.1, 0.15) is 27.6 Å². The van der Waals surface area contributed by atoms with Crippen LogP contribution in [0.3, 0.4) is 0 Å². The summed E-state index contributed by atoms with van der Waals surface area (Å²) < 4.78 is 6.18. The van der Waals surface area contributed by atoms with Crippen molar-refractivity contribution in [3.8, 4) is 5.75 Å². The lowest BCUT2D eigenvalue weighted by molar-refractivity contribution is 0.0963. The third kappa shape index (κ3) is 2.92. The summed E-state index contributed by atoms with van der Waals surface area (Å²) in [6.45, 7) is 0. The lowest BCUT2D eigenvalue weighted by Gasteiger charge is -2.28. The number of rotatable bonds is 2. The summed E-state index contributed by atoms with van der Waals surface area (Å²) in [5, 5.41) is 0. The van der Waals surface area contributed by atoms with Crippen LogP contribution < -0.4 is 10.5 Å². The van der Waals surface area contributed by atoms with E-state index in [1.807, 2.05) is 78.9 Å². The van der Waals surface area contributed by atoms with Crippen LogP contribution in [0.25, 0.3) is 6.08 Å². The van der Waals surface area contributed by atoms with Gasteiger partial charge in [-0.05, 0) is 41.5 Å². The number of hydrogen-bond acceptors (Lipinski definition) is 3. The second-order valence-corrected chi connectivity index (χ2v) is 6.00. The molecule has 0 saturated carbocycles. The zero-order valence-electron chi connectivity index (χ0n) is 13.6. The van der Waals surface area contributed by atoms with Gasteiger partial charge in [-0.2, -0.15) is 0 Å². The second kappa shape index (κ2) is 6.29. The molecule has 25 heavy (non-hydrogen) atoms. The highest BCUT2D eigenvalue weighted by Crippen LogP contribution is 2.39. The maximum atomic E-state index is 13.1. The predicted octanol–water partition coefficient (Wildman–Crippen LogP) is 4.67. The van der Waals surface area contributed by atoms with E-state index < -0.39 is 6.10 Å². The molecular formula is C22H17NO2. The number of benzene rings is 3. The molecule has 3 aromatic rings. The molecule has 0 spiro atoms. The fourth-order valence-electron chi connectivity index (χ4n) is 3.07. The van der Waals surface area contributed by atoms with Gasteiger partial charge in [-0.15, -0.1) is 0 Å². The van der Waals surface area contributed by atoms with Gasteiger partial charge in [-0.3, -0.25) is 4.79 Å². The van der Waals surface area contributed by atoms with Crippen LogP contribution in [0.4, 0.5) is 5.69 Å². The van der Waals surface area contributed by atoms with Gasteiger partial charge in [0.2, 0.25) is 0 Å². The van der Waals surface area contributed by atoms with Crippen LogP contribution in [0.5, 0.6) is 5.75 Å². The molecule has 0 amide bonds. The first-order chi connectivity index (χ1) is 12.2. The number of ether oxygens (including phenoxy) is 1. The molecule has 0 bridgehead atoms. The van der Waals surface area contributed by atoms with Crippen molar-refractivity contribution in [2.24, 2.45) is 0 Å². The average molecular weight is 327 g/mol. The zero-order chi connectivity index (χ0) is 17.2. The van der Waals surface area contributed by atoms with Crippen LogP contribution in [-0.2, 0) is 0 Å². The zero-order valence-corrected chi connectivity index (χ0v) is 13.6. The van der Waals surface area contributed by atoms with E-state index in [1.54, 1.807) is 6.07 Å². The number of nitrogens with two attached hydrogens (primary N) is 1. The van der Waals surface area contributed by atoms with Crippen molar-refractivity contribution in [3.63, 3.8) is 0 Å². The molecular weight excluding hydrogens is 310 g/mol. The minimum absolute atomic E-state index is 0.0156. The van der Waals surface area contributed by atoms with E-state index in [0.29, 0.717) is 22.6 Å². The Morgan fingerprint density at radius 2 is 1.64 bits per heavy atom. The summed E-state index contributed by atoms with van der Waals surface area (Å²) in [6.07, 6.45) is 1.43. The molecule has 1 atom stereocenters. The van der Waals surface area contributed by atoms with E-state index in [1.165, 1.54) is 0 Å². The number of Topliss-reactive ketones (excluding diaryl/α,β-unsaturated/α-hetero) is 1. The average Bonchev–Trinajstić information content (AvgIpc) is 2.65. The van der Waals surface area contributed by atoms with E-state index in [2.05, 4.69) is 0 Å². The molecule has 1 heterocycles. The van der Waals surface area contributed by atoms with Crippen LogP contribution in [0.15, 0.2) is 84.4 Å². The van der Waals surface area contributed by atoms with E-state index in [9.17, 15) is 4.79 Å². The van der Waals surface area contributed by atoms with Crippen LogP contribution in [-0.4, -0.2) is 5.78 Å². The Morgan fingerprint density at radius 1 is 0.880 bits per heavy atom. The van der Waals surface area contributed by atoms with Gasteiger partial charge in [0.15, 0.2) is 11.9 Å². The van der Waals surface area contributed by atoms with Crippen LogP contribution in [0, 0.1) is 0 Å². The van der Waals surface area contributed by atoms with Gasteiger partial charge < -0.3 is 10.5 Å². The molecule has 1 aliphatic rings. The minimum Gasteiger partial charge on any atom is -0.480 e. The summed E-state index contributed by atoms with van der Waals surface area (Å²) in [4.78, 5) is 13.1. The third-order valence-electron chi connectivity index (χ3n) is 4.26. The van der Waals surface area contributed by atoms with E-state index in [-0.39, 0.29) is 5.78 Å². The predicted molar refractivity (Wildman–Crippen MR) is 99.4 cm³/mol. The number of fused-ring (bicyclic) bond motifs is 1. The number of nitrogen functional groups attached to an aromatic ring is 1. The fraction of sp³-hybridized carbons (Fsp3) is 0.0455. The highest BCUT2D eigenvalue weighted by atomic mass is 16.5. The SMILES string of the molecule is Nc1cccc(/C=C2\C(=O)c3ccccc3OC2c2ccccc2)c1. The first kappa shape index (κ1) is 15.2. The Labute approximate surface area is 146 Å². The molecule has 3 heteroatoms. The standard InChI is InChI=1S/C22H17NO2/c23-17-10-6-7-15(13-17)14-19-21(24)18-11-4-5-12-20(18)25-22(19)16-8-2-1-3-9-16/h1-14,22H,23H2/b19-14+. The maximum absolute atomic E-state index is 13.1. The molecule has 3 aromatic carbocycles. The molecule has 2 N–H and O–H groups in total. The highest BCUT2D eigenvalue weighted by molar-refractivity contribution is 6.14. The Balaban J connectivity index is 1.87. The molecule has 0 aromatic heterocycles. The smallest absolute Gasteiger partial charge is 0.196 e. The van der Waals surface area contributed by atoms with Gasteiger partial charge >= 0.3 is 0 Å². The summed E-state index contributed by atoms with van der Waals surface area (Å²) in [5.41, 5.74) is 9.56. The van der Waals surface area contributed by atoms with Crippen LogP contribution in [0.2, 0.25) is 0 Å². The van der Waals surface area contributed by atoms with Crippen molar-refractivity contribution in [1.29, 1.82) is 0 Å². The largest absolute Gasteiger partial charge is 0.480 e. The van der Waals surface area contributed by atoms with Crippen LogP contribution >= 0.6 is 0 Å². The Kier molecular flexibility index (Phi) is 3.82.